The summed E-state index contributed by atoms with van der Waals surface area (Å²) in [6, 6.07) is 4.94. The van der Waals surface area contributed by atoms with Crippen LogP contribution >= 0.6 is 0 Å². The molecule has 1 atom stereocenters. The normalized spacial score (nSPS) is 19.1. The van der Waals surface area contributed by atoms with Gasteiger partial charge in [0, 0.05) is 19.0 Å². The van der Waals surface area contributed by atoms with Gasteiger partial charge in [0.1, 0.15) is 17.4 Å². The number of imidazole rings is 1. The zero-order valence-electron chi connectivity index (χ0n) is 14.3. The number of hydrogen-bond donors (Lipinski definition) is 2. The molecular formula is C17H21FN6O. The highest BCUT2D eigenvalue weighted by atomic mass is 19.1. The predicted octanol–water partition coefficient (Wildman–Crippen LogP) is 2.52. The number of fused-ring (bicyclic) bond motifs is 1. The maximum atomic E-state index is 13.8. The first-order valence-electron chi connectivity index (χ1n) is 8.49. The lowest BCUT2D eigenvalue weighted by Gasteiger charge is -2.31. The third-order valence-electron chi connectivity index (χ3n) is 4.38. The molecule has 2 aromatic heterocycles. The summed E-state index contributed by atoms with van der Waals surface area (Å²) >= 11 is 0. The third-order valence-corrected chi connectivity index (χ3v) is 4.38. The Kier molecular flexibility index (Phi) is 4.22. The fourth-order valence-corrected chi connectivity index (χ4v) is 3.04. The number of ether oxygens (including phenoxy) is 1. The van der Waals surface area contributed by atoms with E-state index in [0.717, 1.165) is 29.5 Å². The van der Waals surface area contributed by atoms with Crippen molar-refractivity contribution in [2.24, 2.45) is 0 Å². The van der Waals surface area contributed by atoms with E-state index in [1.807, 2.05) is 6.07 Å². The Morgan fingerprint density at radius 2 is 2.24 bits per heavy atom. The molecule has 0 bridgehead atoms. The molecule has 0 amide bonds. The lowest BCUT2D eigenvalue weighted by Crippen LogP contribution is -2.38. The van der Waals surface area contributed by atoms with E-state index >= 15 is 0 Å². The molecule has 4 rings (SSSR count). The Morgan fingerprint density at radius 1 is 1.36 bits per heavy atom. The third kappa shape index (κ3) is 3.27. The molecule has 1 aromatic carbocycles. The van der Waals surface area contributed by atoms with E-state index in [0.29, 0.717) is 25.2 Å². The summed E-state index contributed by atoms with van der Waals surface area (Å²) < 4.78 is 19.6. The van der Waals surface area contributed by atoms with Gasteiger partial charge < -0.3 is 9.72 Å². The summed E-state index contributed by atoms with van der Waals surface area (Å²) in [5.41, 5.74) is 1.11. The van der Waals surface area contributed by atoms with Crippen LogP contribution in [0.25, 0.3) is 11.0 Å². The largest absolute Gasteiger partial charge is 0.368 e. The molecule has 0 radical (unpaired) electrons. The van der Waals surface area contributed by atoms with Crippen molar-refractivity contribution < 1.29 is 9.13 Å². The minimum atomic E-state index is -0.303. The molecule has 0 aliphatic carbocycles. The highest BCUT2D eigenvalue weighted by Gasteiger charge is 2.26. The smallest absolute Gasteiger partial charge is 0.155 e. The fourth-order valence-electron chi connectivity index (χ4n) is 3.04. The molecule has 1 fully saturated rings. The lowest BCUT2D eigenvalue weighted by molar-refractivity contribution is -0.0377. The van der Waals surface area contributed by atoms with Crippen molar-refractivity contribution in [3.63, 3.8) is 0 Å². The van der Waals surface area contributed by atoms with Crippen LogP contribution in [0.4, 0.5) is 4.39 Å². The van der Waals surface area contributed by atoms with Gasteiger partial charge in [-0.3, -0.25) is 10.00 Å². The molecule has 3 aromatic rings. The number of H-pyrrole nitrogens is 2. The van der Waals surface area contributed by atoms with Gasteiger partial charge in [-0.05, 0) is 12.1 Å². The van der Waals surface area contributed by atoms with E-state index in [2.05, 4.69) is 43.9 Å². The second-order valence-electron chi connectivity index (χ2n) is 6.65. The first-order chi connectivity index (χ1) is 12.1. The van der Waals surface area contributed by atoms with Gasteiger partial charge in [0.25, 0.3) is 0 Å². The Bertz CT molecular complexity index is 873. The maximum Gasteiger partial charge on any atom is 0.155 e. The molecule has 1 aliphatic heterocycles. The van der Waals surface area contributed by atoms with E-state index in [9.17, 15) is 4.39 Å². The number of morpholine rings is 1. The molecule has 1 saturated heterocycles. The Labute approximate surface area is 144 Å². The quantitative estimate of drug-likeness (QED) is 0.760. The molecule has 25 heavy (non-hydrogen) atoms. The number of hydrogen-bond acceptors (Lipinski definition) is 5. The molecular weight excluding hydrogens is 323 g/mol. The molecule has 132 valence electrons. The van der Waals surface area contributed by atoms with Gasteiger partial charge in [0.05, 0.1) is 18.7 Å². The Balaban J connectivity index is 1.47. The fraction of sp³-hybridized carbons (Fsp3) is 0.471. The highest BCUT2D eigenvalue weighted by molar-refractivity contribution is 5.75. The van der Waals surface area contributed by atoms with Gasteiger partial charge in [0.15, 0.2) is 17.5 Å². The molecule has 1 unspecified atom stereocenters. The summed E-state index contributed by atoms with van der Waals surface area (Å²) in [4.78, 5) is 14.3. The molecule has 7 nitrogen and oxygen atoms in total. The first-order valence-corrected chi connectivity index (χ1v) is 8.49. The van der Waals surface area contributed by atoms with Crippen molar-refractivity contribution in [3.05, 3.63) is 41.5 Å². The van der Waals surface area contributed by atoms with Gasteiger partial charge in [-0.1, -0.05) is 19.9 Å². The van der Waals surface area contributed by atoms with Crippen LogP contribution in [0.15, 0.2) is 18.2 Å². The standard InChI is InChI=1S/C17H21FN6O/c1-10(2)16-21-17(23-22-16)13-8-24(6-7-25-13)9-14-19-12-5-3-4-11(18)15(12)20-14/h3-5,10,13H,6-9H2,1-2H3,(H,19,20)(H,21,22,23). The zero-order valence-corrected chi connectivity index (χ0v) is 14.3. The van der Waals surface area contributed by atoms with Crippen molar-refractivity contribution in [2.45, 2.75) is 32.4 Å². The van der Waals surface area contributed by atoms with E-state index in [1.165, 1.54) is 6.07 Å². The van der Waals surface area contributed by atoms with Gasteiger partial charge in [0.2, 0.25) is 0 Å². The molecule has 0 saturated carbocycles. The number of benzene rings is 1. The summed E-state index contributed by atoms with van der Waals surface area (Å²) in [7, 11) is 0. The zero-order chi connectivity index (χ0) is 17.4. The number of para-hydroxylation sites is 1. The summed E-state index contributed by atoms with van der Waals surface area (Å²) in [5.74, 6) is 2.27. The van der Waals surface area contributed by atoms with Crippen molar-refractivity contribution in [3.8, 4) is 0 Å². The van der Waals surface area contributed by atoms with Crippen LogP contribution in [0.2, 0.25) is 0 Å². The van der Waals surface area contributed by atoms with E-state index in [-0.39, 0.29) is 17.8 Å². The van der Waals surface area contributed by atoms with E-state index in [4.69, 9.17) is 4.74 Å². The monoisotopic (exact) mass is 344 g/mol. The van der Waals surface area contributed by atoms with Crippen LogP contribution in [0.1, 0.15) is 43.3 Å². The van der Waals surface area contributed by atoms with Crippen LogP contribution in [-0.2, 0) is 11.3 Å². The number of halogens is 1. The second kappa shape index (κ2) is 6.53. The summed E-state index contributed by atoms with van der Waals surface area (Å²) in [6.45, 7) is 6.81. The minimum absolute atomic E-state index is 0.144. The van der Waals surface area contributed by atoms with Crippen LogP contribution in [-0.4, -0.2) is 49.7 Å². The lowest BCUT2D eigenvalue weighted by atomic mass is 10.2. The molecule has 3 heterocycles. The molecule has 2 N–H and O–H groups in total. The average Bonchev–Trinajstić information content (AvgIpc) is 3.22. The van der Waals surface area contributed by atoms with Crippen LogP contribution in [0, 0.1) is 5.82 Å². The Hall–Kier alpha value is -2.32. The Morgan fingerprint density at radius 3 is 3.00 bits per heavy atom. The van der Waals surface area contributed by atoms with E-state index in [1.54, 1.807) is 6.07 Å². The highest BCUT2D eigenvalue weighted by Crippen LogP contribution is 2.22. The minimum Gasteiger partial charge on any atom is -0.368 e. The SMILES string of the molecule is CC(C)c1n[nH]c(C2CN(Cc3nc4c(F)cccc4[nH]3)CCO2)n1. The van der Waals surface area contributed by atoms with Gasteiger partial charge in [-0.2, -0.15) is 5.10 Å². The molecule has 1 aliphatic rings. The second-order valence-corrected chi connectivity index (χ2v) is 6.65. The van der Waals surface area contributed by atoms with Crippen LogP contribution < -0.4 is 0 Å². The molecule has 8 heteroatoms. The molecule has 0 spiro atoms. The predicted molar refractivity (Wildman–Crippen MR) is 90.5 cm³/mol. The van der Waals surface area contributed by atoms with Crippen molar-refractivity contribution in [1.82, 2.24) is 30.0 Å². The summed E-state index contributed by atoms with van der Waals surface area (Å²) in [6.07, 6.45) is -0.144. The van der Waals surface area contributed by atoms with Gasteiger partial charge in [-0.25, -0.2) is 14.4 Å². The number of nitrogens with one attached hydrogen (secondary N) is 2. The number of nitrogens with zero attached hydrogens (tertiary/aromatic N) is 4. The summed E-state index contributed by atoms with van der Waals surface area (Å²) in [5, 5.41) is 7.23. The van der Waals surface area contributed by atoms with Gasteiger partial charge in [-0.15, -0.1) is 0 Å². The topological polar surface area (TPSA) is 82.7 Å². The average molecular weight is 344 g/mol. The van der Waals surface area contributed by atoms with Gasteiger partial charge >= 0.3 is 0 Å². The van der Waals surface area contributed by atoms with E-state index < -0.39 is 0 Å². The van der Waals surface area contributed by atoms with Crippen LogP contribution in [0.3, 0.4) is 0 Å². The number of aromatic amines is 2. The number of aromatic nitrogens is 5. The van der Waals surface area contributed by atoms with Crippen molar-refractivity contribution in [1.29, 1.82) is 0 Å². The van der Waals surface area contributed by atoms with Crippen LogP contribution in [0.5, 0.6) is 0 Å². The maximum absolute atomic E-state index is 13.8. The van der Waals surface area contributed by atoms with Crippen molar-refractivity contribution in [2.75, 3.05) is 19.7 Å². The van der Waals surface area contributed by atoms with Crippen molar-refractivity contribution >= 4 is 11.0 Å². The number of rotatable bonds is 4. The first kappa shape index (κ1) is 16.2.